The highest BCUT2D eigenvalue weighted by molar-refractivity contribution is 4.76. The molecule has 1 aliphatic rings. The van der Waals surface area contributed by atoms with Crippen molar-refractivity contribution in [2.45, 2.75) is 32.7 Å². The lowest BCUT2D eigenvalue weighted by Crippen LogP contribution is -2.43. The molecule has 1 saturated heterocycles. The Bertz CT molecular complexity index is 133. The van der Waals surface area contributed by atoms with Crippen LogP contribution < -0.4 is 5.32 Å². The maximum atomic E-state index is 5.35. The zero-order valence-corrected chi connectivity index (χ0v) is 9.59. The van der Waals surface area contributed by atoms with Crippen molar-refractivity contribution in [1.29, 1.82) is 0 Å². The fraction of sp³-hybridized carbons (Fsp3) is 1.00. The summed E-state index contributed by atoms with van der Waals surface area (Å²) in [5, 5.41) is 3.51. The molecule has 3 heteroatoms. The topological polar surface area (TPSA) is 24.5 Å². The smallest absolute Gasteiger partial charge is 0.0593 e. The minimum atomic E-state index is 0.753. The molecule has 0 amide bonds. The van der Waals surface area contributed by atoms with Crippen molar-refractivity contribution >= 4 is 0 Å². The van der Waals surface area contributed by atoms with Crippen LogP contribution in [0.2, 0.25) is 0 Å². The normalized spacial score (nSPS) is 20.1. The van der Waals surface area contributed by atoms with E-state index in [1.807, 2.05) is 0 Å². The van der Waals surface area contributed by atoms with Gasteiger partial charge in [-0.05, 0) is 39.4 Å². The van der Waals surface area contributed by atoms with Crippen LogP contribution in [0.1, 0.15) is 26.7 Å². The average Bonchev–Trinajstić information content (AvgIpc) is 2.21. The van der Waals surface area contributed by atoms with Gasteiger partial charge in [-0.3, -0.25) is 0 Å². The van der Waals surface area contributed by atoms with E-state index in [1.54, 1.807) is 0 Å². The Hall–Kier alpha value is -0.120. The van der Waals surface area contributed by atoms with Crippen LogP contribution in [-0.4, -0.2) is 50.3 Å². The fourth-order valence-corrected chi connectivity index (χ4v) is 1.99. The highest BCUT2D eigenvalue weighted by Crippen LogP contribution is 2.09. The minimum Gasteiger partial charge on any atom is -0.380 e. The molecule has 1 N–H and O–H groups in total. The van der Waals surface area contributed by atoms with Gasteiger partial charge < -0.3 is 15.0 Å². The Morgan fingerprint density at radius 2 is 2.00 bits per heavy atom. The summed E-state index contributed by atoms with van der Waals surface area (Å²) >= 11 is 0. The number of nitrogens with one attached hydrogen (secondary N) is 1. The van der Waals surface area contributed by atoms with E-state index in [0.717, 1.165) is 32.3 Å². The van der Waals surface area contributed by atoms with E-state index in [-0.39, 0.29) is 0 Å². The Kier molecular flexibility index (Phi) is 6.15. The number of hydrogen-bond acceptors (Lipinski definition) is 3. The third-order valence-electron chi connectivity index (χ3n) is 2.84. The standard InChI is InChI=1S/C11H24N2O/c1-3-12-11-5-7-13(8-6-11)9-10-14-4-2/h11-12H,3-10H2,1-2H3. The van der Waals surface area contributed by atoms with E-state index in [9.17, 15) is 0 Å². The molecule has 1 rings (SSSR count). The summed E-state index contributed by atoms with van der Waals surface area (Å²) in [6.07, 6.45) is 2.58. The highest BCUT2D eigenvalue weighted by Gasteiger charge is 2.17. The summed E-state index contributed by atoms with van der Waals surface area (Å²) in [5.41, 5.74) is 0. The van der Waals surface area contributed by atoms with E-state index in [1.165, 1.54) is 25.9 Å². The van der Waals surface area contributed by atoms with Gasteiger partial charge in [0.1, 0.15) is 0 Å². The molecule has 0 aromatic rings. The van der Waals surface area contributed by atoms with Crippen molar-refractivity contribution in [3.63, 3.8) is 0 Å². The third kappa shape index (κ3) is 4.40. The molecule has 0 radical (unpaired) electrons. The van der Waals surface area contributed by atoms with Crippen molar-refractivity contribution < 1.29 is 4.74 Å². The molecule has 0 bridgehead atoms. The van der Waals surface area contributed by atoms with Crippen LogP contribution in [-0.2, 0) is 4.74 Å². The summed E-state index contributed by atoms with van der Waals surface area (Å²) in [6.45, 7) is 10.6. The van der Waals surface area contributed by atoms with Crippen LogP contribution in [0, 0.1) is 0 Å². The van der Waals surface area contributed by atoms with Crippen molar-refractivity contribution in [3.05, 3.63) is 0 Å². The van der Waals surface area contributed by atoms with E-state index in [0.29, 0.717) is 0 Å². The summed E-state index contributed by atoms with van der Waals surface area (Å²) < 4.78 is 5.35. The molecule has 1 heterocycles. The highest BCUT2D eigenvalue weighted by atomic mass is 16.5. The van der Waals surface area contributed by atoms with Gasteiger partial charge in [0, 0.05) is 19.2 Å². The summed E-state index contributed by atoms with van der Waals surface area (Å²) in [4.78, 5) is 2.50. The number of ether oxygens (including phenoxy) is 1. The second kappa shape index (κ2) is 7.21. The van der Waals surface area contributed by atoms with Gasteiger partial charge in [0.15, 0.2) is 0 Å². The predicted molar refractivity (Wildman–Crippen MR) is 59.6 cm³/mol. The van der Waals surface area contributed by atoms with Crippen molar-refractivity contribution in [1.82, 2.24) is 10.2 Å². The molecule has 84 valence electrons. The quantitative estimate of drug-likeness (QED) is 0.650. The molecule has 0 aromatic carbocycles. The van der Waals surface area contributed by atoms with Crippen molar-refractivity contribution in [2.24, 2.45) is 0 Å². The van der Waals surface area contributed by atoms with E-state index in [2.05, 4.69) is 24.1 Å². The number of nitrogens with zero attached hydrogens (tertiary/aromatic N) is 1. The minimum absolute atomic E-state index is 0.753. The molecule has 0 saturated carbocycles. The Labute approximate surface area is 87.8 Å². The SMILES string of the molecule is CCNC1CCN(CCOCC)CC1. The lowest BCUT2D eigenvalue weighted by Gasteiger charge is -2.32. The first kappa shape index (κ1) is 12.0. The first-order chi connectivity index (χ1) is 6.86. The van der Waals surface area contributed by atoms with Gasteiger partial charge in [-0.2, -0.15) is 0 Å². The number of hydrogen-bond donors (Lipinski definition) is 1. The fourth-order valence-electron chi connectivity index (χ4n) is 1.99. The molecular formula is C11H24N2O. The predicted octanol–water partition coefficient (Wildman–Crippen LogP) is 1.10. The second-order valence-electron chi connectivity index (χ2n) is 3.87. The molecule has 0 atom stereocenters. The molecule has 14 heavy (non-hydrogen) atoms. The maximum Gasteiger partial charge on any atom is 0.0593 e. The van der Waals surface area contributed by atoms with Gasteiger partial charge in [-0.15, -0.1) is 0 Å². The molecule has 0 spiro atoms. The zero-order valence-electron chi connectivity index (χ0n) is 9.59. The lowest BCUT2D eigenvalue weighted by molar-refractivity contribution is 0.0998. The molecule has 1 aliphatic heterocycles. The van der Waals surface area contributed by atoms with E-state index >= 15 is 0 Å². The maximum absolute atomic E-state index is 5.35. The van der Waals surface area contributed by atoms with Crippen molar-refractivity contribution in [3.8, 4) is 0 Å². The van der Waals surface area contributed by atoms with Gasteiger partial charge in [0.25, 0.3) is 0 Å². The largest absolute Gasteiger partial charge is 0.380 e. The van der Waals surface area contributed by atoms with Crippen LogP contribution >= 0.6 is 0 Å². The lowest BCUT2D eigenvalue weighted by atomic mass is 10.1. The van der Waals surface area contributed by atoms with E-state index in [4.69, 9.17) is 4.74 Å². The van der Waals surface area contributed by atoms with Gasteiger partial charge in [-0.25, -0.2) is 0 Å². The molecule has 0 aromatic heterocycles. The first-order valence-corrected chi connectivity index (χ1v) is 5.90. The number of piperidine rings is 1. The van der Waals surface area contributed by atoms with Crippen LogP contribution in [0.3, 0.4) is 0 Å². The molecule has 3 nitrogen and oxygen atoms in total. The third-order valence-corrected chi connectivity index (χ3v) is 2.84. The first-order valence-electron chi connectivity index (χ1n) is 5.90. The zero-order chi connectivity index (χ0) is 10.2. The van der Waals surface area contributed by atoms with Gasteiger partial charge in [0.2, 0.25) is 0 Å². The van der Waals surface area contributed by atoms with E-state index < -0.39 is 0 Å². The van der Waals surface area contributed by atoms with Crippen LogP contribution in [0.15, 0.2) is 0 Å². The Morgan fingerprint density at radius 1 is 1.29 bits per heavy atom. The number of likely N-dealkylation sites (tertiary alicyclic amines) is 1. The molecular weight excluding hydrogens is 176 g/mol. The Morgan fingerprint density at radius 3 is 2.57 bits per heavy atom. The molecule has 0 unspecified atom stereocenters. The Balaban J connectivity index is 2.03. The van der Waals surface area contributed by atoms with Crippen molar-refractivity contribution in [2.75, 3.05) is 39.4 Å². The van der Waals surface area contributed by atoms with Crippen LogP contribution in [0.25, 0.3) is 0 Å². The van der Waals surface area contributed by atoms with Gasteiger partial charge in [0.05, 0.1) is 6.61 Å². The van der Waals surface area contributed by atoms with Gasteiger partial charge in [-0.1, -0.05) is 6.92 Å². The average molecular weight is 200 g/mol. The van der Waals surface area contributed by atoms with Crippen LogP contribution in [0.4, 0.5) is 0 Å². The summed E-state index contributed by atoms with van der Waals surface area (Å²) in [7, 11) is 0. The van der Waals surface area contributed by atoms with Gasteiger partial charge >= 0.3 is 0 Å². The van der Waals surface area contributed by atoms with Crippen LogP contribution in [0.5, 0.6) is 0 Å². The molecule has 0 aliphatic carbocycles. The summed E-state index contributed by atoms with van der Waals surface area (Å²) in [6, 6.07) is 0.753. The molecule has 1 fully saturated rings. The number of rotatable bonds is 6. The summed E-state index contributed by atoms with van der Waals surface area (Å²) in [5.74, 6) is 0. The second-order valence-corrected chi connectivity index (χ2v) is 3.87. The monoisotopic (exact) mass is 200 g/mol.